The Morgan fingerprint density at radius 2 is 1.08 bits per heavy atom. The minimum atomic E-state index is -3.86. The quantitative estimate of drug-likeness (QED) is 0.382. The van der Waals surface area contributed by atoms with E-state index in [1.807, 2.05) is 0 Å². The van der Waals surface area contributed by atoms with Crippen LogP contribution in [0.2, 0.25) is 0 Å². The first-order valence-electron chi connectivity index (χ1n) is 9.70. The van der Waals surface area contributed by atoms with E-state index in [1.54, 1.807) is 0 Å². The molecule has 0 radical (unpaired) electrons. The highest BCUT2D eigenvalue weighted by Crippen LogP contribution is 2.14. The van der Waals surface area contributed by atoms with E-state index in [0.717, 1.165) is 12.8 Å². The largest absolute Gasteiger partial charge is 0.369 e. The Balaban J connectivity index is 3.38. The molecule has 0 aliphatic carbocycles. The molecule has 0 aliphatic heterocycles. The van der Waals surface area contributed by atoms with Gasteiger partial charge in [-0.25, -0.2) is 13.6 Å². The highest BCUT2D eigenvalue weighted by Gasteiger charge is 2.26. The third-order valence-electron chi connectivity index (χ3n) is 4.53. The molecule has 0 aromatic heterocycles. The Hall–Kier alpha value is -0.620. The van der Waals surface area contributed by atoms with Gasteiger partial charge < -0.3 is 5.73 Å². The number of sulfonamides is 1. The van der Waals surface area contributed by atoms with Gasteiger partial charge in [-0.15, -0.1) is 0 Å². The molecule has 5 nitrogen and oxygen atoms in total. The van der Waals surface area contributed by atoms with Gasteiger partial charge in [0.2, 0.25) is 15.9 Å². The van der Waals surface area contributed by atoms with Gasteiger partial charge in [-0.3, -0.25) is 4.79 Å². The van der Waals surface area contributed by atoms with E-state index in [2.05, 4.69) is 6.92 Å². The maximum atomic E-state index is 11.2. The van der Waals surface area contributed by atoms with Crippen LogP contribution in [0.15, 0.2) is 0 Å². The van der Waals surface area contributed by atoms with Crippen LogP contribution in [0.5, 0.6) is 0 Å². The molecule has 1 unspecified atom stereocenters. The van der Waals surface area contributed by atoms with Crippen LogP contribution < -0.4 is 10.9 Å². The van der Waals surface area contributed by atoms with Crippen LogP contribution in [0.3, 0.4) is 0 Å². The van der Waals surface area contributed by atoms with Gasteiger partial charge in [-0.05, 0) is 6.42 Å². The molecule has 1 amide bonds. The summed E-state index contributed by atoms with van der Waals surface area (Å²) in [4.78, 5) is 11.1. The predicted octanol–water partition coefficient (Wildman–Crippen LogP) is 4.00. The van der Waals surface area contributed by atoms with Crippen molar-refractivity contribution < 1.29 is 13.2 Å². The lowest BCUT2D eigenvalue weighted by Crippen LogP contribution is -2.39. The Morgan fingerprint density at radius 3 is 1.38 bits per heavy atom. The lowest BCUT2D eigenvalue weighted by atomic mass is 10.0. The smallest absolute Gasteiger partial charge is 0.237 e. The zero-order valence-electron chi connectivity index (χ0n) is 15.5. The maximum absolute atomic E-state index is 11.2. The summed E-state index contributed by atoms with van der Waals surface area (Å²) in [7, 11) is -3.86. The van der Waals surface area contributed by atoms with Crippen molar-refractivity contribution in [3.05, 3.63) is 0 Å². The van der Waals surface area contributed by atoms with E-state index >= 15 is 0 Å². The summed E-state index contributed by atoms with van der Waals surface area (Å²) in [5.41, 5.74) is 5.08. The molecule has 0 saturated carbocycles. The molecule has 144 valence electrons. The Kier molecular flexibility index (Phi) is 14.3. The molecule has 0 heterocycles. The normalized spacial score (nSPS) is 13.1. The molecule has 4 N–H and O–H groups in total. The average molecular weight is 363 g/mol. The molecule has 0 saturated heterocycles. The van der Waals surface area contributed by atoms with Gasteiger partial charge in [0.1, 0.15) is 0 Å². The van der Waals surface area contributed by atoms with E-state index < -0.39 is 21.2 Å². The van der Waals surface area contributed by atoms with Crippen LogP contribution >= 0.6 is 0 Å². The Morgan fingerprint density at radius 1 is 0.750 bits per heavy atom. The van der Waals surface area contributed by atoms with Crippen molar-refractivity contribution in [3.63, 3.8) is 0 Å². The molecule has 0 spiro atoms. The van der Waals surface area contributed by atoms with Crippen LogP contribution in [0.4, 0.5) is 0 Å². The van der Waals surface area contributed by atoms with E-state index in [-0.39, 0.29) is 6.42 Å². The topological polar surface area (TPSA) is 103 Å². The first-order chi connectivity index (χ1) is 11.4. The molecular weight excluding hydrogens is 324 g/mol. The molecule has 0 aliphatic rings. The van der Waals surface area contributed by atoms with Crippen LogP contribution in [0, 0.1) is 0 Å². The van der Waals surface area contributed by atoms with E-state index in [0.29, 0.717) is 6.42 Å². The van der Waals surface area contributed by atoms with E-state index in [1.165, 1.54) is 70.6 Å². The molecule has 1 atom stereocenters. The third kappa shape index (κ3) is 13.8. The number of primary sulfonamides is 1. The van der Waals surface area contributed by atoms with Crippen molar-refractivity contribution in [1.82, 2.24) is 0 Å². The number of hydrogen-bond acceptors (Lipinski definition) is 3. The zero-order valence-corrected chi connectivity index (χ0v) is 16.3. The number of unbranched alkanes of at least 4 members (excludes halogenated alkanes) is 13. The fourth-order valence-corrected chi connectivity index (χ4v) is 3.81. The minimum Gasteiger partial charge on any atom is -0.369 e. The summed E-state index contributed by atoms with van der Waals surface area (Å²) < 4.78 is 22.4. The van der Waals surface area contributed by atoms with Gasteiger partial charge in [0.15, 0.2) is 5.25 Å². The standard InChI is InChI=1S/C18H38N2O3S/c1-2-3-4-5-6-7-8-9-10-11-12-13-14-15-16-17(18(19)21)24(20,22)23/h17H,2-16H2,1H3,(H2,19,21)(H2,20,22,23). The molecule has 0 fully saturated rings. The SMILES string of the molecule is CCCCCCCCCCCCCCCCC(C(N)=O)S(N)(=O)=O. The molecular formula is C18H38N2O3S. The van der Waals surface area contributed by atoms with Gasteiger partial charge in [-0.2, -0.15) is 0 Å². The van der Waals surface area contributed by atoms with Crippen LogP contribution in [-0.4, -0.2) is 19.6 Å². The van der Waals surface area contributed by atoms with Gasteiger partial charge >= 0.3 is 0 Å². The van der Waals surface area contributed by atoms with Crippen LogP contribution in [0.1, 0.15) is 103 Å². The molecule has 6 heteroatoms. The van der Waals surface area contributed by atoms with Crippen molar-refractivity contribution in [2.75, 3.05) is 0 Å². The van der Waals surface area contributed by atoms with Gasteiger partial charge in [0, 0.05) is 0 Å². The summed E-state index contributed by atoms with van der Waals surface area (Å²) in [6.07, 6.45) is 17.5. The summed E-state index contributed by atoms with van der Waals surface area (Å²) >= 11 is 0. The number of amides is 1. The highest BCUT2D eigenvalue weighted by molar-refractivity contribution is 7.90. The summed E-state index contributed by atoms with van der Waals surface area (Å²) in [6, 6.07) is 0. The Labute approximate surface area is 149 Å². The summed E-state index contributed by atoms with van der Waals surface area (Å²) in [5.74, 6) is -0.841. The first-order valence-corrected chi connectivity index (χ1v) is 11.3. The van der Waals surface area contributed by atoms with Gasteiger partial charge in [-0.1, -0.05) is 96.8 Å². The number of hydrogen-bond donors (Lipinski definition) is 2. The number of primary amides is 1. The number of rotatable bonds is 17. The monoisotopic (exact) mass is 362 g/mol. The summed E-state index contributed by atoms with van der Waals surface area (Å²) in [5, 5.41) is 3.78. The van der Waals surface area contributed by atoms with Crippen molar-refractivity contribution in [3.8, 4) is 0 Å². The van der Waals surface area contributed by atoms with Gasteiger partial charge in [0.25, 0.3) is 0 Å². The third-order valence-corrected chi connectivity index (χ3v) is 5.79. The molecule has 0 rings (SSSR count). The molecule has 0 aromatic rings. The Bertz CT molecular complexity index is 410. The second-order valence-corrected chi connectivity index (χ2v) is 8.61. The fourth-order valence-electron chi connectivity index (χ4n) is 2.99. The van der Waals surface area contributed by atoms with Gasteiger partial charge in [0.05, 0.1) is 0 Å². The predicted molar refractivity (Wildman–Crippen MR) is 101 cm³/mol. The number of carbonyl (C=O) groups excluding carboxylic acids is 1. The van der Waals surface area contributed by atoms with Crippen molar-refractivity contribution in [2.24, 2.45) is 10.9 Å². The first kappa shape index (κ1) is 23.4. The van der Waals surface area contributed by atoms with Crippen LogP contribution in [-0.2, 0) is 14.8 Å². The van der Waals surface area contributed by atoms with E-state index in [4.69, 9.17) is 10.9 Å². The molecule has 24 heavy (non-hydrogen) atoms. The average Bonchev–Trinajstić information content (AvgIpc) is 2.49. The maximum Gasteiger partial charge on any atom is 0.237 e. The van der Waals surface area contributed by atoms with E-state index in [9.17, 15) is 13.2 Å². The fraction of sp³-hybridized carbons (Fsp3) is 0.944. The molecule has 0 aromatic carbocycles. The number of carbonyl (C=O) groups is 1. The minimum absolute atomic E-state index is 0.242. The lowest BCUT2D eigenvalue weighted by molar-refractivity contribution is -0.117. The zero-order chi connectivity index (χ0) is 18.3. The van der Waals surface area contributed by atoms with Crippen molar-refractivity contribution in [2.45, 2.75) is 108 Å². The van der Waals surface area contributed by atoms with Crippen LogP contribution in [0.25, 0.3) is 0 Å². The summed E-state index contributed by atoms with van der Waals surface area (Å²) in [6.45, 7) is 2.25. The number of nitrogens with two attached hydrogens (primary N) is 2. The second-order valence-electron chi connectivity index (χ2n) is 6.86. The van der Waals surface area contributed by atoms with Crippen molar-refractivity contribution in [1.29, 1.82) is 0 Å². The van der Waals surface area contributed by atoms with Crippen molar-refractivity contribution >= 4 is 15.9 Å². The highest BCUT2D eigenvalue weighted by atomic mass is 32.2. The molecule has 0 bridgehead atoms. The second kappa shape index (κ2) is 14.7. The lowest BCUT2D eigenvalue weighted by Gasteiger charge is -2.10.